The maximum Gasteiger partial charge on any atom is 0.220 e. The van der Waals surface area contributed by atoms with Crippen molar-refractivity contribution in [1.29, 1.82) is 0 Å². The number of benzene rings is 2. The zero-order valence-corrected chi connectivity index (χ0v) is 15.6. The first-order chi connectivity index (χ1) is 13.0. The molecule has 0 aliphatic heterocycles. The lowest BCUT2D eigenvalue weighted by Gasteiger charge is -2.26. The molecule has 140 valence electrons. The Morgan fingerprint density at radius 1 is 1.22 bits per heavy atom. The zero-order chi connectivity index (χ0) is 18.9. The van der Waals surface area contributed by atoms with Crippen molar-refractivity contribution in [1.82, 2.24) is 14.9 Å². The Morgan fingerprint density at radius 3 is 2.70 bits per heavy atom. The van der Waals surface area contributed by atoms with E-state index in [2.05, 4.69) is 16.0 Å². The number of rotatable bonds is 5. The van der Waals surface area contributed by atoms with E-state index in [0.717, 1.165) is 41.8 Å². The fourth-order valence-electron chi connectivity index (χ4n) is 3.98. The van der Waals surface area contributed by atoms with Crippen molar-refractivity contribution in [2.75, 3.05) is 0 Å². The Balaban J connectivity index is 1.55. The molecule has 1 aliphatic carbocycles. The van der Waals surface area contributed by atoms with Gasteiger partial charge in [0.1, 0.15) is 5.82 Å². The summed E-state index contributed by atoms with van der Waals surface area (Å²) in [6, 6.07) is 18.0. The number of imidazole rings is 1. The lowest BCUT2D eigenvalue weighted by atomic mass is 10.0. The van der Waals surface area contributed by atoms with Gasteiger partial charge in [-0.2, -0.15) is 0 Å². The Morgan fingerprint density at radius 2 is 1.96 bits per heavy atom. The van der Waals surface area contributed by atoms with Crippen LogP contribution in [-0.2, 0) is 11.2 Å². The van der Waals surface area contributed by atoms with Crippen LogP contribution in [0.4, 0.5) is 0 Å². The van der Waals surface area contributed by atoms with Crippen LogP contribution in [0.2, 0.25) is 0 Å². The predicted molar refractivity (Wildman–Crippen MR) is 106 cm³/mol. The van der Waals surface area contributed by atoms with Crippen LogP contribution in [0.25, 0.3) is 16.7 Å². The van der Waals surface area contributed by atoms with E-state index in [4.69, 9.17) is 4.98 Å². The van der Waals surface area contributed by atoms with E-state index in [1.54, 1.807) is 6.92 Å². The molecule has 27 heavy (non-hydrogen) atoms. The van der Waals surface area contributed by atoms with Crippen LogP contribution in [0.5, 0.6) is 0 Å². The highest BCUT2D eigenvalue weighted by Gasteiger charge is 2.37. The number of nitrogens with zero attached hydrogens (tertiary/aromatic N) is 2. The average molecular weight is 363 g/mol. The van der Waals surface area contributed by atoms with Crippen LogP contribution < -0.4 is 5.32 Å². The van der Waals surface area contributed by atoms with Crippen LogP contribution in [-0.4, -0.2) is 32.2 Å². The van der Waals surface area contributed by atoms with E-state index < -0.39 is 5.60 Å². The molecule has 0 bridgehead atoms. The third-order valence-corrected chi connectivity index (χ3v) is 5.48. The number of amides is 1. The van der Waals surface area contributed by atoms with Crippen molar-refractivity contribution in [3.8, 4) is 5.69 Å². The zero-order valence-electron chi connectivity index (χ0n) is 15.6. The van der Waals surface area contributed by atoms with Crippen LogP contribution >= 0.6 is 0 Å². The molecule has 0 saturated heterocycles. The van der Waals surface area contributed by atoms with Gasteiger partial charge in [0.25, 0.3) is 0 Å². The minimum absolute atomic E-state index is 0.0335. The standard InChI is InChI=1S/C22H25N3O2/c1-22(27)15-7-12-19(22)24-21(26)14-13-20-23-17-10-5-6-11-18(17)25(20)16-8-3-2-4-9-16/h2-6,8-11,19,27H,7,12-15H2,1H3,(H,24,26). The molecule has 1 aliphatic rings. The van der Waals surface area contributed by atoms with Gasteiger partial charge in [-0.25, -0.2) is 4.98 Å². The van der Waals surface area contributed by atoms with Gasteiger partial charge in [0.2, 0.25) is 5.91 Å². The molecule has 2 N–H and O–H groups in total. The number of hydrogen-bond donors (Lipinski definition) is 2. The molecule has 1 saturated carbocycles. The quantitative estimate of drug-likeness (QED) is 0.730. The van der Waals surface area contributed by atoms with Crippen LogP contribution in [0, 0.1) is 0 Å². The smallest absolute Gasteiger partial charge is 0.220 e. The van der Waals surface area contributed by atoms with Gasteiger partial charge in [0.05, 0.1) is 22.7 Å². The largest absolute Gasteiger partial charge is 0.388 e. The summed E-state index contributed by atoms with van der Waals surface area (Å²) < 4.78 is 2.12. The number of nitrogens with one attached hydrogen (secondary N) is 1. The number of carbonyl (C=O) groups is 1. The molecule has 2 unspecified atom stereocenters. The lowest BCUT2D eigenvalue weighted by molar-refractivity contribution is -0.123. The molecule has 5 nitrogen and oxygen atoms in total. The summed E-state index contributed by atoms with van der Waals surface area (Å²) in [5, 5.41) is 13.4. The fourth-order valence-corrected chi connectivity index (χ4v) is 3.98. The second kappa shape index (κ2) is 7.16. The third-order valence-electron chi connectivity index (χ3n) is 5.48. The molecular formula is C22H25N3O2. The molecule has 3 aromatic rings. The molecule has 0 spiro atoms. The van der Waals surface area contributed by atoms with Gasteiger partial charge in [-0.3, -0.25) is 9.36 Å². The van der Waals surface area contributed by atoms with E-state index in [0.29, 0.717) is 12.8 Å². The molecule has 1 heterocycles. The van der Waals surface area contributed by atoms with Crippen molar-refractivity contribution in [2.24, 2.45) is 0 Å². The highest BCUT2D eigenvalue weighted by atomic mass is 16.3. The van der Waals surface area contributed by atoms with E-state index in [1.807, 2.05) is 48.5 Å². The summed E-state index contributed by atoms with van der Waals surface area (Å²) in [5.74, 6) is 0.838. The van der Waals surface area contributed by atoms with Crippen LogP contribution in [0.15, 0.2) is 54.6 Å². The minimum atomic E-state index is -0.799. The molecule has 4 rings (SSSR count). The SMILES string of the molecule is CC1(O)CCCC1NC(=O)CCc1nc2ccccc2n1-c1ccccc1. The van der Waals surface area contributed by atoms with Crippen molar-refractivity contribution in [2.45, 2.75) is 50.7 Å². The van der Waals surface area contributed by atoms with E-state index in [9.17, 15) is 9.90 Å². The fraction of sp³-hybridized carbons (Fsp3) is 0.364. The summed E-state index contributed by atoms with van der Waals surface area (Å²) in [7, 11) is 0. The Labute approximate surface area is 159 Å². The lowest BCUT2D eigenvalue weighted by Crippen LogP contribution is -2.47. The van der Waals surface area contributed by atoms with Crippen LogP contribution in [0.1, 0.15) is 38.4 Å². The molecule has 1 aromatic heterocycles. The topological polar surface area (TPSA) is 67.2 Å². The molecule has 0 radical (unpaired) electrons. The first-order valence-electron chi connectivity index (χ1n) is 9.58. The number of aryl methyl sites for hydroxylation is 1. The Bertz CT molecular complexity index is 947. The molecule has 2 atom stereocenters. The van der Waals surface area contributed by atoms with Crippen molar-refractivity contribution in [3.05, 3.63) is 60.4 Å². The number of hydrogen-bond acceptors (Lipinski definition) is 3. The summed E-state index contributed by atoms with van der Waals surface area (Å²) in [6.45, 7) is 1.81. The maximum absolute atomic E-state index is 12.5. The van der Waals surface area contributed by atoms with Crippen LogP contribution in [0.3, 0.4) is 0 Å². The number of fused-ring (bicyclic) bond motifs is 1. The van der Waals surface area contributed by atoms with Gasteiger partial charge in [-0.15, -0.1) is 0 Å². The molecule has 1 fully saturated rings. The first-order valence-corrected chi connectivity index (χ1v) is 9.58. The number of aliphatic hydroxyl groups is 1. The van der Waals surface area contributed by atoms with Gasteiger partial charge in [0.15, 0.2) is 0 Å². The summed E-state index contributed by atoms with van der Waals surface area (Å²) in [4.78, 5) is 17.2. The predicted octanol–water partition coefficient (Wildman–Crippen LogP) is 3.38. The monoisotopic (exact) mass is 363 g/mol. The van der Waals surface area contributed by atoms with Crippen molar-refractivity contribution < 1.29 is 9.90 Å². The summed E-state index contributed by atoms with van der Waals surface area (Å²) in [6.07, 6.45) is 3.41. The molecule has 1 amide bonds. The van der Waals surface area contributed by atoms with Gasteiger partial charge in [-0.05, 0) is 50.5 Å². The number of aromatic nitrogens is 2. The second-order valence-corrected chi connectivity index (χ2v) is 7.56. The second-order valence-electron chi connectivity index (χ2n) is 7.56. The van der Waals surface area contributed by atoms with E-state index in [1.165, 1.54) is 0 Å². The van der Waals surface area contributed by atoms with Gasteiger partial charge >= 0.3 is 0 Å². The minimum Gasteiger partial charge on any atom is -0.388 e. The van der Waals surface area contributed by atoms with Crippen molar-refractivity contribution >= 4 is 16.9 Å². The maximum atomic E-state index is 12.5. The Kier molecular flexibility index (Phi) is 4.70. The first kappa shape index (κ1) is 17.7. The highest BCUT2D eigenvalue weighted by molar-refractivity contribution is 5.79. The summed E-state index contributed by atoms with van der Waals surface area (Å²) in [5.41, 5.74) is 2.21. The van der Waals surface area contributed by atoms with E-state index >= 15 is 0 Å². The normalized spacial score (nSPS) is 22.2. The number of para-hydroxylation sites is 3. The molecule has 5 heteroatoms. The number of carbonyl (C=O) groups excluding carboxylic acids is 1. The average Bonchev–Trinajstić information content (AvgIpc) is 3.20. The van der Waals surface area contributed by atoms with Gasteiger partial charge < -0.3 is 10.4 Å². The van der Waals surface area contributed by atoms with Gasteiger partial charge in [0, 0.05) is 18.5 Å². The van der Waals surface area contributed by atoms with Gasteiger partial charge in [-0.1, -0.05) is 30.3 Å². The Hall–Kier alpha value is -2.66. The van der Waals surface area contributed by atoms with Crippen molar-refractivity contribution in [3.63, 3.8) is 0 Å². The molecular weight excluding hydrogens is 338 g/mol. The molecule has 2 aromatic carbocycles. The highest BCUT2D eigenvalue weighted by Crippen LogP contribution is 2.29. The van der Waals surface area contributed by atoms with E-state index in [-0.39, 0.29) is 11.9 Å². The third kappa shape index (κ3) is 3.60. The summed E-state index contributed by atoms with van der Waals surface area (Å²) >= 11 is 0.